The Balaban J connectivity index is 1.85. The molecule has 1 heterocycles. The second kappa shape index (κ2) is 15.1. The molecule has 1 saturated heterocycles. The lowest BCUT2D eigenvalue weighted by molar-refractivity contribution is -0.0728. The molecular weight excluding hydrogens is 790 g/mol. The SMILES string of the molecule is Cc1cc(C)c([P+]2(c3c(C)cc(C)cc3C)[C@@H]3CCCC[C@H]3[B-](c3c(F)c(F)c(F)c(F)c3F)(c3c(F)c(F)c(F)c(F)c3F)N2O[C@H](C)c2ccccc2)c(C)c1. The maximum atomic E-state index is 17.1. The average molecular weight is 832 g/mol. The molecule has 5 aromatic rings. The zero-order valence-corrected chi connectivity index (χ0v) is 33.8. The number of benzene rings is 5. The average Bonchev–Trinajstić information content (AvgIpc) is 3.40. The van der Waals surface area contributed by atoms with Crippen molar-refractivity contribution in [1.82, 2.24) is 4.74 Å². The Hall–Kier alpha value is -4.19. The van der Waals surface area contributed by atoms with Crippen LogP contribution in [-0.4, -0.2) is 16.7 Å². The predicted octanol–water partition coefficient (Wildman–Crippen LogP) is 10.9. The van der Waals surface area contributed by atoms with Crippen LogP contribution in [-0.2, 0) is 4.84 Å². The van der Waals surface area contributed by atoms with Crippen LogP contribution < -0.4 is 21.5 Å². The molecule has 0 amide bonds. The minimum Gasteiger partial charge on any atom is -0.298 e. The molecule has 3 atom stereocenters. The first-order chi connectivity index (χ1) is 27.3. The molecule has 2 nitrogen and oxygen atoms in total. The second-order valence-corrected chi connectivity index (χ2v) is 19.3. The summed E-state index contributed by atoms with van der Waals surface area (Å²) in [4.78, 5) is 7.03. The predicted molar refractivity (Wildman–Crippen MR) is 209 cm³/mol. The van der Waals surface area contributed by atoms with Gasteiger partial charge in [0.25, 0.3) is 0 Å². The summed E-state index contributed by atoms with van der Waals surface area (Å²) >= 11 is 0. The van der Waals surface area contributed by atoms with Crippen molar-refractivity contribution in [1.29, 1.82) is 0 Å². The van der Waals surface area contributed by atoms with Gasteiger partial charge in [-0.3, -0.25) is 4.84 Å². The number of hydrogen-bond acceptors (Lipinski definition) is 2. The number of hydrogen-bond donors (Lipinski definition) is 0. The molecule has 1 saturated carbocycles. The van der Waals surface area contributed by atoms with E-state index in [-0.39, 0.29) is 19.3 Å². The quantitative estimate of drug-likeness (QED) is 0.0533. The monoisotopic (exact) mass is 831 g/mol. The van der Waals surface area contributed by atoms with Crippen LogP contribution in [0, 0.1) is 99.7 Å². The van der Waals surface area contributed by atoms with E-state index in [4.69, 9.17) is 4.84 Å². The first-order valence-electron chi connectivity index (χ1n) is 19.1. The van der Waals surface area contributed by atoms with Gasteiger partial charge in [-0.05, 0) is 89.1 Å². The van der Waals surface area contributed by atoms with Crippen LogP contribution in [0.15, 0.2) is 54.6 Å². The summed E-state index contributed by atoms with van der Waals surface area (Å²) in [7, 11) is -3.98. The van der Waals surface area contributed by atoms with E-state index in [0.717, 1.165) is 15.9 Å². The summed E-state index contributed by atoms with van der Waals surface area (Å²) in [5.74, 6) is -26.2. The van der Waals surface area contributed by atoms with E-state index in [2.05, 4.69) is 0 Å². The fraction of sp³-hybridized carbons (Fsp3) is 0.318. The van der Waals surface area contributed by atoms with E-state index in [0.29, 0.717) is 44.8 Å². The standard InChI is InChI=1S/C44H41BF10NOP/c1-21-17-23(3)43(24(4)18-21)58(44-25(5)19-22(2)20-26(44)6)30-16-12-11-15-29(30)45(31-33(46)37(50)41(54)38(51)34(31)47,32-35(48)39(52)42(55)40(53)36(32)49)56(58)57-27(7)28-13-9-8-10-14-28/h8-10,13-14,17-20,27,29-30H,11-12,15-16H2,1-7H3/t27-,29-,30-/m1/s1. The summed E-state index contributed by atoms with van der Waals surface area (Å²) in [6.45, 7) is 12.4. The Labute approximate surface area is 331 Å². The smallest absolute Gasteiger partial charge is 0.212 e. The van der Waals surface area contributed by atoms with Crippen LogP contribution in [0.25, 0.3) is 0 Å². The highest BCUT2D eigenvalue weighted by Gasteiger charge is 2.75. The normalized spacial score (nSPS) is 19.4. The van der Waals surface area contributed by atoms with Crippen LogP contribution >= 0.6 is 7.41 Å². The first kappa shape index (κ1) is 42.0. The van der Waals surface area contributed by atoms with E-state index in [9.17, 15) is 0 Å². The Morgan fingerprint density at radius 3 is 1.31 bits per heavy atom. The molecule has 0 bridgehead atoms. The van der Waals surface area contributed by atoms with E-state index in [1.807, 2.05) is 38.1 Å². The third kappa shape index (κ3) is 5.88. The van der Waals surface area contributed by atoms with Crippen LogP contribution in [0.5, 0.6) is 0 Å². The fourth-order valence-electron chi connectivity index (χ4n) is 10.8. The molecule has 2 fully saturated rings. The van der Waals surface area contributed by atoms with Crippen molar-refractivity contribution in [2.45, 2.75) is 91.7 Å². The van der Waals surface area contributed by atoms with Gasteiger partial charge in [0.05, 0.1) is 5.66 Å². The van der Waals surface area contributed by atoms with Gasteiger partial charge in [-0.15, -0.1) is 10.9 Å². The number of nitrogens with zero attached hydrogens (tertiary/aromatic N) is 1. The highest BCUT2D eigenvalue weighted by Crippen LogP contribution is 2.79. The van der Waals surface area contributed by atoms with Crippen molar-refractivity contribution in [3.8, 4) is 0 Å². The molecule has 0 N–H and O–H groups in total. The third-order valence-electron chi connectivity index (χ3n) is 12.4. The van der Waals surface area contributed by atoms with E-state index < -0.39 is 100 Å². The van der Waals surface area contributed by atoms with Crippen molar-refractivity contribution in [3.05, 3.63) is 152 Å². The molecule has 1 aliphatic heterocycles. The minimum absolute atomic E-state index is 0.154. The fourth-order valence-corrected chi connectivity index (χ4v) is 17.5. The molecular formula is C44H41BF10NOP. The van der Waals surface area contributed by atoms with Gasteiger partial charge in [0.1, 0.15) is 47.4 Å². The van der Waals surface area contributed by atoms with Gasteiger partial charge in [-0.25, -0.2) is 48.6 Å². The lowest BCUT2D eigenvalue weighted by atomic mass is 9.20. The zero-order valence-electron chi connectivity index (χ0n) is 32.9. The van der Waals surface area contributed by atoms with Gasteiger partial charge < -0.3 is 0 Å². The van der Waals surface area contributed by atoms with Crippen LogP contribution in [0.1, 0.15) is 77.7 Å². The maximum Gasteiger partial charge on any atom is 0.212 e. The zero-order chi connectivity index (χ0) is 42.3. The van der Waals surface area contributed by atoms with Crippen molar-refractivity contribution < 1.29 is 48.7 Å². The molecule has 0 radical (unpaired) electrons. The van der Waals surface area contributed by atoms with Crippen molar-refractivity contribution in [2.24, 2.45) is 0 Å². The molecule has 5 aromatic carbocycles. The third-order valence-corrected chi connectivity index (χ3v) is 17.9. The number of halogens is 10. The summed E-state index contributed by atoms with van der Waals surface area (Å²) in [6.07, 6.45) is -5.00. The molecule has 0 spiro atoms. The van der Waals surface area contributed by atoms with Gasteiger partial charge in [0, 0.05) is 0 Å². The molecule has 7 rings (SSSR count). The number of aryl methyl sites for hydroxylation is 6. The van der Waals surface area contributed by atoms with Crippen LogP contribution in [0.3, 0.4) is 0 Å². The lowest BCUT2D eigenvalue weighted by Gasteiger charge is -2.50. The van der Waals surface area contributed by atoms with Gasteiger partial charge in [0.2, 0.25) is 6.28 Å². The van der Waals surface area contributed by atoms with Crippen molar-refractivity contribution in [2.75, 3.05) is 0 Å². The topological polar surface area (TPSA) is 12.5 Å². The molecule has 58 heavy (non-hydrogen) atoms. The molecule has 0 aromatic heterocycles. The largest absolute Gasteiger partial charge is 0.298 e. The second-order valence-electron chi connectivity index (χ2n) is 16.0. The summed E-state index contributed by atoms with van der Waals surface area (Å²) in [6, 6.07) is 15.7. The van der Waals surface area contributed by atoms with Crippen molar-refractivity contribution >= 4 is 35.2 Å². The number of fused-ring (bicyclic) bond motifs is 1. The maximum absolute atomic E-state index is 17.1. The Morgan fingerprint density at radius 2 is 0.914 bits per heavy atom. The number of rotatable bonds is 7. The van der Waals surface area contributed by atoms with Gasteiger partial charge in [0.15, 0.2) is 34.9 Å². The van der Waals surface area contributed by atoms with Crippen LogP contribution in [0.4, 0.5) is 43.9 Å². The van der Waals surface area contributed by atoms with Crippen LogP contribution in [0.2, 0.25) is 5.82 Å². The molecule has 14 heteroatoms. The summed E-state index contributed by atoms with van der Waals surface area (Å²) in [5, 5.41) is 1.09. The molecule has 306 valence electrons. The molecule has 2 aliphatic rings. The van der Waals surface area contributed by atoms with Crippen molar-refractivity contribution in [3.63, 3.8) is 0 Å². The van der Waals surface area contributed by atoms with E-state index in [1.54, 1.807) is 58.0 Å². The van der Waals surface area contributed by atoms with Gasteiger partial charge >= 0.3 is 0 Å². The lowest BCUT2D eigenvalue weighted by Crippen LogP contribution is -2.73. The van der Waals surface area contributed by atoms with Gasteiger partial charge in [-0.2, -0.15) is 0 Å². The molecule has 0 unspecified atom stereocenters. The van der Waals surface area contributed by atoms with E-state index in [1.165, 1.54) is 6.92 Å². The highest BCUT2D eigenvalue weighted by atomic mass is 31.2. The Morgan fingerprint density at radius 1 is 0.552 bits per heavy atom. The Bertz CT molecular complexity index is 2250. The Kier molecular flexibility index (Phi) is 10.9. The molecule has 1 aliphatic carbocycles. The first-order valence-corrected chi connectivity index (χ1v) is 20.9. The minimum atomic E-state index is -4.54. The summed E-state index contributed by atoms with van der Waals surface area (Å²) in [5.41, 5.74) is 0.207. The highest BCUT2D eigenvalue weighted by molar-refractivity contribution is 7.91. The van der Waals surface area contributed by atoms with E-state index >= 15 is 43.9 Å². The summed E-state index contributed by atoms with van der Waals surface area (Å²) < 4.78 is 163. The van der Waals surface area contributed by atoms with Gasteiger partial charge in [-0.1, -0.05) is 84.4 Å².